The summed E-state index contributed by atoms with van der Waals surface area (Å²) in [7, 11) is 0. The third-order valence-electron chi connectivity index (χ3n) is 2.18. The lowest BCUT2D eigenvalue weighted by Gasteiger charge is -2.17. The first-order valence-electron chi connectivity index (χ1n) is 5.85. The molecule has 0 heterocycles. The fourth-order valence-electron chi connectivity index (χ4n) is 1.19. The molecular formula is C10H15BrF3N3O4. The number of carbonyl (C=O) groups excluding carboxylic acids is 3. The van der Waals surface area contributed by atoms with Gasteiger partial charge in [-0.25, -0.2) is 4.79 Å². The van der Waals surface area contributed by atoms with Crippen LogP contribution in [0.4, 0.5) is 13.2 Å². The van der Waals surface area contributed by atoms with E-state index in [1.165, 1.54) is 5.32 Å². The van der Waals surface area contributed by atoms with Gasteiger partial charge in [0, 0.05) is 0 Å². The molecule has 0 spiro atoms. The highest BCUT2D eigenvalue weighted by atomic mass is 79.9. The van der Waals surface area contributed by atoms with E-state index in [0.29, 0.717) is 12.8 Å². The third kappa shape index (κ3) is 8.50. The lowest BCUT2D eigenvalue weighted by molar-refractivity contribution is -0.177. The molecule has 0 radical (unpaired) electrons. The highest BCUT2D eigenvalue weighted by molar-refractivity contribution is 9.09. The van der Waals surface area contributed by atoms with Crippen LogP contribution >= 0.6 is 15.9 Å². The number of hydrogen-bond acceptors (Lipinski definition) is 5. The summed E-state index contributed by atoms with van der Waals surface area (Å²) in [4.78, 5) is 37.6. The first kappa shape index (κ1) is 19.6. The van der Waals surface area contributed by atoms with Crippen molar-refractivity contribution in [3.05, 3.63) is 0 Å². The average Bonchev–Trinajstić information content (AvgIpc) is 2.42. The summed E-state index contributed by atoms with van der Waals surface area (Å²) in [5.74, 6) is -4.16. The molecule has 0 saturated heterocycles. The number of rotatable bonds is 7. The van der Waals surface area contributed by atoms with Crippen LogP contribution in [0.3, 0.4) is 0 Å². The van der Waals surface area contributed by atoms with Crippen LogP contribution in [-0.4, -0.2) is 41.9 Å². The van der Waals surface area contributed by atoms with Crippen molar-refractivity contribution >= 4 is 33.7 Å². The molecule has 0 aliphatic heterocycles. The number of hydrogen-bond donors (Lipinski definition) is 3. The van der Waals surface area contributed by atoms with Crippen LogP contribution in [0, 0.1) is 0 Å². The molecule has 0 aliphatic carbocycles. The molecule has 7 nitrogen and oxygen atoms in total. The summed E-state index contributed by atoms with van der Waals surface area (Å²) in [6.07, 6.45) is -4.45. The topological polar surface area (TPSA) is 111 Å². The third-order valence-corrected chi connectivity index (χ3v) is 2.69. The van der Waals surface area contributed by atoms with Crippen molar-refractivity contribution in [3.8, 4) is 0 Å². The zero-order chi connectivity index (χ0) is 16.5. The van der Waals surface area contributed by atoms with Gasteiger partial charge in [-0.1, -0.05) is 15.9 Å². The summed E-state index contributed by atoms with van der Waals surface area (Å²) < 4.78 is 36.5. The maximum Gasteiger partial charge on any atom is 0.471 e. The number of carbonyl (C=O) groups is 3. The molecular weight excluding hydrogens is 363 g/mol. The van der Waals surface area contributed by atoms with Crippen LogP contribution in [0.15, 0.2) is 0 Å². The monoisotopic (exact) mass is 377 g/mol. The largest absolute Gasteiger partial charge is 0.471 e. The number of alkyl halides is 4. The van der Waals surface area contributed by atoms with E-state index in [1.54, 1.807) is 5.48 Å². The number of nitrogens with two attached hydrogens (primary N) is 1. The SMILES string of the molecule is NCCCC[C@H](NC(=O)C(F)(F)F)C(=O)ONC(=O)CBr. The van der Waals surface area contributed by atoms with Crippen molar-refractivity contribution in [2.24, 2.45) is 5.73 Å². The van der Waals surface area contributed by atoms with Crippen LogP contribution < -0.4 is 16.5 Å². The molecule has 2 amide bonds. The maximum absolute atomic E-state index is 12.2. The Hall–Kier alpha value is -1.36. The van der Waals surface area contributed by atoms with Gasteiger partial charge in [-0.2, -0.15) is 18.7 Å². The Morgan fingerprint density at radius 2 is 1.86 bits per heavy atom. The van der Waals surface area contributed by atoms with Crippen LogP contribution in [0.2, 0.25) is 0 Å². The van der Waals surface area contributed by atoms with Gasteiger partial charge in [0.2, 0.25) is 0 Å². The molecule has 0 aromatic heterocycles. The Balaban J connectivity index is 4.60. The normalized spacial score (nSPS) is 12.4. The molecule has 4 N–H and O–H groups in total. The predicted octanol–water partition coefficient (Wildman–Crippen LogP) is 0.132. The van der Waals surface area contributed by atoms with Crippen LogP contribution in [-0.2, 0) is 19.2 Å². The van der Waals surface area contributed by atoms with Gasteiger partial charge in [0.25, 0.3) is 5.91 Å². The Labute approximate surface area is 126 Å². The van der Waals surface area contributed by atoms with Crippen molar-refractivity contribution < 1.29 is 32.4 Å². The molecule has 1 atom stereocenters. The van der Waals surface area contributed by atoms with Crippen molar-refractivity contribution in [2.75, 3.05) is 11.9 Å². The number of halogens is 4. The van der Waals surface area contributed by atoms with Crippen LogP contribution in [0.1, 0.15) is 19.3 Å². The summed E-state index contributed by atoms with van der Waals surface area (Å²) in [5, 5.41) is 1.36. The summed E-state index contributed by atoms with van der Waals surface area (Å²) in [6, 6.07) is -1.53. The van der Waals surface area contributed by atoms with Gasteiger partial charge >= 0.3 is 18.1 Å². The van der Waals surface area contributed by atoms with Gasteiger partial charge in [-0.05, 0) is 25.8 Å². The van der Waals surface area contributed by atoms with Gasteiger partial charge in [0.1, 0.15) is 6.04 Å². The molecule has 0 bridgehead atoms. The molecule has 0 saturated carbocycles. The van der Waals surface area contributed by atoms with Crippen LogP contribution in [0.5, 0.6) is 0 Å². The molecule has 21 heavy (non-hydrogen) atoms. The van der Waals surface area contributed by atoms with Gasteiger partial charge in [0.15, 0.2) is 0 Å². The standard InChI is InChI=1S/C10H15BrF3N3O4/c11-5-7(18)17-21-8(19)6(3-1-2-4-15)16-9(20)10(12,13)14/h6H,1-5,15H2,(H,16,20)(H,17,18)/t6-/m0/s1. The summed E-state index contributed by atoms with van der Waals surface area (Å²) in [6.45, 7) is 0.287. The average molecular weight is 378 g/mol. The zero-order valence-electron chi connectivity index (χ0n) is 10.8. The minimum atomic E-state index is -5.12. The molecule has 0 aliphatic rings. The molecule has 0 aromatic carbocycles. The number of unbranched alkanes of at least 4 members (excludes halogenated alkanes) is 1. The lowest BCUT2D eigenvalue weighted by Crippen LogP contribution is -2.48. The molecule has 0 unspecified atom stereocenters. The van der Waals surface area contributed by atoms with E-state index in [2.05, 4.69) is 20.8 Å². The van der Waals surface area contributed by atoms with Crippen molar-refractivity contribution in [2.45, 2.75) is 31.5 Å². The molecule has 122 valence electrons. The zero-order valence-corrected chi connectivity index (χ0v) is 12.4. The Kier molecular flexibility index (Phi) is 8.93. The number of nitrogens with one attached hydrogen (secondary N) is 2. The quantitative estimate of drug-likeness (QED) is 0.332. The summed E-state index contributed by atoms with van der Waals surface area (Å²) in [5.41, 5.74) is 6.95. The van der Waals surface area contributed by atoms with Gasteiger partial charge in [0.05, 0.1) is 5.33 Å². The molecule has 0 rings (SSSR count). The van der Waals surface area contributed by atoms with E-state index in [4.69, 9.17) is 5.73 Å². The van der Waals surface area contributed by atoms with Gasteiger partial charge in [-0.15, -0.1) is 0 Å². The smallest absolute Gasteiger partial charge is 0.338 e. The first-order valence-corrected chi connectivity index (χ1v) is 6.97. The van der Waals surface area contributed by atoms with E-state index in [9.17, 15) is 27.6 Å². The predicted molar refractivity (Wildman–Crippen MR) is 68.9 cm³/mol. The Bertz CT molecular complexity index is 379. The van der Waals surface area contributed by atoms with Gasteiger partial charge in [-0.3, -0.25) is 9.59 Å². The second-order valence-electron chi connectivity index (χ2n) is 3.89. The van der Waals surface area contributed by atoms with E-state index in [-0.39, 0.29) is 18.3 Å². The van der Waals surface area contributed by atoms with E-state index < -0.39 is 30.0 Å². The van der Waals surface area contributed by atoms with E-state index in [0.717, 1.165) is 0 Å². The van der Waals surface area contributed by atoms with Crippen molar-refractivity contribution in [1.29, 1.82) is 0 Å². The van der Waals surface area contributed by atoms with Gasteiger partial charge < -0.3 is 15.9 Å². The van der Waals surface area contributed by atoms with Crippen molar-refractivity contribution in [3.63, 3.8) is 0 Å². The van der Waals surface area contributed by atoms with E-state index >= 15 is 0 Å². The van der Waals surface area contributed by atoms with Crippen molar-refractivity contribution in [1.82, 2.24) is 10.8 Å². The second kappa shape index (κ2) is 9.55. The highest BCUT2D eigenvalue weighted by Gasteiger charge is 2.41. The number of hydroxylamine groups is 1. The summed E-state index contributed by atoms with van der Waals surface area (Å²) >= 11 is 2.78. The fourth-order valence-corrected chi connectivity index (χ4v) is 1.30. The Morgan fingerprint density at radius 1 is 1.24 bits per heavy atom. The van der Waals surface area contributed by atoms with E-state index in [1.807, 2.05) is 0 Å². The van der Waals surface area contributed by atoms with Crippen LogP contribution in [0.25, 0.3) is 0 Å². The molecule has 11 heteroatoms. The lowest BCUT2D eigenvalue weighted by atomic mass is 10.1. The maximum atomic E-state index is 12.2. The first-order chi connectivity index (χ1) is 9.72. The Morgan fingerprint density at radius 3 is 2.33 bits per heavy atom. The minimum absolute atomic E-state index is 0.0952. The minimum Gasteiger partial charge on any atom is -0.338 e. The second-order valence-corrected chi connectivity index (χ2v) is 4.45. The molecule has 0 aromatic rings. The number of amides is 2. The highest BCUT2D eigenvalue weighted by Crippen LogP contribution is 2.15. The fraction of sp³-hybridized carbons (Fsp3) is 0.700. The molecule has 0 fully saturated rings.